The average molecular weight is 307 g/mol. The molecule has 0 aromatic heterocycles. The summed E-state index contributed by atoms with van der Waals surface area (Å²) in [5.41, 5.74) is 1.46. The number of thioether (sulfide) groups is 1. The van der Waals surface area contributed by atoms with Gasteiger partial charge in [-0.05, 0) is 42.9 Å². The summed E-state index contributed by atoms with van der Waals surface area (Å²) in [4.78, 5) is 2.70. The summed E-state index contributed by atoms with van der Waals surface area (Å²) in [6.45, 7) is 8.13. The van der Waals surface area contributed by atoms with Crippen molar-refractivity contribution in [1.29, 1.82) is 0 Å². The van der Waals surface area contributed by atoms with Gasteiger partial charge >= 0.3 is 0 Å². The first-order valence-corrected chi connectivity index (χ1v) is 9.61. The van der Waals surface area contributed by atoms with Crippen LogP contribution in [0.2, 0.25) is 0 Å². The molecule has 0 spiro atoms. The third kappa shape index (κ3) is 5.32. The minimum absolute atomic E-state index is 0.538. The quantitative estimate of drug-likeness (QED) is 0.771. The Morgan fingerprint density at radius 1 is 1.29 bits per heavy atom. The van der Waals surface area contributed by atoms with Crippen LogP contribution >= 0.6 is 11.8 Å². The lowest BCUT2D eigenvalue weighted by Gasteiger charge is -2.41. The Morgan fingerprint density at radius 3 is 2.71 bits per heavy atom. The molecular weight excluding hydrogens is 276 g/mol. The van der Waals surface area contributed by atoms with E-state index >= 15 is 0 Å². The van der Waals surface area contributed by atoms with Crippen LogP contribution in [0.25, 0.3) is 0 Å². The molecule has 0 aliphatic carbocycles. The predicted molar refractivity (Wildman–Crippen MR) is 95.0 cm³/mol. The van der Waals surface area contributed by atoms with Crippen LogP contribution in [0.15, 0.2) is 30.3 Å². The van der Waals surface area contributed by atoms with Crippen LogP contribution in [-0.2, 0) is 0 Å². The summed E-state index contributed by atoms with van der Waals surface area (Å²) < 4.78 is 0. The van der Waals surface area contributed by atoms with Gasteiger partial charge in [0, 0.05) is 25.2 Å². The van der Waals surface area contributed by atoms with Gasteiger partial charge in [0.1, 0.15) is 0 Å². The number of rotatable bonds is 7. The largest absolute Gasteiger partial charge is 0.311 e. The van der Waals surface area contributed by atoms with Gasteiger partial charge < -0.3 is 5.32 Å². The molecule has 0 amide bonds. The predicted octanol–water partition coefficient (Wildman–Crippen LogP) is 3.80. The highest BCUT2D eigenvalue weighted by molar-refractivity contribution is 7.98. The first-order chi connectivity index (χ1) is 10.2. The Bertz CT molecular complexity index is 393. The third-order valence-corrected chi connectivity index (χ3v) is 4.93. The van der Waals surface area contributed by atoms with Gasteiger partial charge in [-0.15, -0.1) is 0 Å². The minimum Gasteiger partial charge on any atom is -0.311 e. The van der Waals surface area contributed by atoms with Crippen molar-refractivity contribution in [2.75, 3.05) is 31.6 Å². The SMILES string of the molecule is CSCCCN1CC(CC(C)C)NCC1c1ccccc1. The maximum atomic E-state index is 3.77. The van der Waals surface area contributed by atoms with Crippen molar-refractivity contribution in [3.05, 3.63) is 35.9 Å². The molecule has 2 atom stereocenters. The Hall–Kier alpha value is -0.510. The van der Waals surface area contributed by atoms with Crippen LogP contribution in [0.5, 0.6) is 0 Å². The van der Waals surface area contributed by atoms with Crippen molar-refractivity contribution in [2.24, 2.45) is 5.92 Å². The van der Waals surface area contributed by atoms with Gasteiger partial charge in [-0.2, -0.15) is 11.8 Å². The zero-order valence-electron chi connectivity index (χ0n) is 13.7. The van der Waals surface area contributed by atoms with E-state index in [4.69, 9.17) is 0 Å². The molecule has 0 radical (unpaired) electrons. The molecule has 1 saturated heterocycles. The fourth-order valence-corrected chi connectivity index (χ4v) is 3.69. The highest BCUT2D eigenvalue weighted by Gasteiger charge is 2.28. The van der Waals surface area contributed by atoms with E-state index in [0.29, 0.717) is 12.1 Å². The normalized spacial score (nSPS) is 23.6. The van der Waals surface area contributed by atoms with Crippen molar-refractivity contribution in [3.63, 3.8) is 0 Å². The molecule has 1 aromatic rings. The van der Waals surface area contributed by atoms with Crippen LogP contribution in [0, 0.1) is 5.92 Å². The van der Waals surface area contributed by atoms with E-state index in [1.54, 1.807) is 0 Å². The molecule has 2 unspecified atom stereocenters. The van der Waals surface area contributed by atoms with E-state index in [2.05, 4.69) is 60.7 Å². The van der Waals surface area contributed by atoms with Gasteiger partial charge in [-0.1, -0.05) is 44.2 Å². The second-order valence-corrected chi connectivity index (χ2v) is 7.49. The number of hydrogen-bond acceptors (Lipinski definition) is 3. The van der Waals surface area contributed by atoms with Gasteiger partial charge in [-0.3, -0.25) is 4.90 Å². The Balaban J connectivity index is 2.01. The highest BCUT2D eigenvalue weighted by Crippen LogP contribution is 2.25. The second-order valence-electron chi connectivity index (χ2n) is 6.50. The van der Waals surface area contributed by atoms with Crippen LogP contribution < -0.4 is 5.32 Å². The summed E-state index contributed by atoms with van der Waals surface area (Å²) in [5, 5.41) is 3.77. The van der Waals surface area contributed by atoms with Gasteiger partial charge in [0.05, 0.1) is 0 Å². The van der Waals surface area contributed by atoms with Gasteiger partial charge in [-0.25, -0.2) is 0 Å². The molecule has 0 bridgehead atoms. The van der Waals surface area contributed by atoms with Gasteiger partial charge in [0.15, 0.2) is 0 Å². The zero-order valence-corrected chi connectivity index (χ0v) is 14.5. The van der Waals surface area contributed by atoms with Crippen LogP contribution in [0.3, 0.4) is 0 Å². The molecule has 1 fully saturated rings. The van der Waals surface area contributed by atoms with Crippen molar-refractivity contribution in [2.45, 2.75) is 38.8 Å². The van der Waals surface area contributed by atoms with E-state index in [9.17, 15) is 0 Å². The lowest BCUT2D eigenvalue weighted by Crippen LogP contribution is -2.52. The molecule has 1 aromatic carbocycles. The standard InChI is InChI=1S/C18H30N2S/c1-15(2)12-17-14-20(10-7-11-21-3)18(13-19-17)16-8-5-4-6-9-16/h4-6,8-9,15,17-19H,7,10-14H2,1-3H3. The Morgan fingerprint density at radius 2 is 2.05 bits per heavy atom. The lowest BCUT2D eigenvalue weighted by atomic mass is 9.96. The van der Waals surface area contributed by atoms with E-state index in [1.165, 1.54) is 37.2 Å². The molecule has 21 heavy (non-hydrogen) atoms. The second kappa shape index (κ2) is 8.82. The molecule has 1 aliphatic rings. The first kappa shape index (κ1) is 16.9. The molecule has 2 rings (SSSR count). The lowest BCUT2D eigenvalue weighted by molar-refractivity contribution is 0.122. The van der Waals surface area contributed by atoms with E-state index in [-0.39, 0.29) is 0 Å². The van der Waals surface area contributed by atoms with Crippen molar-refractivity contribution in [1.82, 2.24) is 10.2 Å². The maximum Gasteiger partial charge on any atom is 0.0473 e. The topological polar surface area (TPSA) is 15.3 Å². The molecule has 1 heterocycles. The number of benzene rings is 1. The van der Waals surface area contributed by atoms with Crippen molar-refractivity contribution in [3.8, 4) is 0 Å². The molecular formula is C18H30N2S. The average Bonchev–Trinajstić information content (AvgIpc) is 2.48. The Kier molecular flexibility index (Phi) is 7.08. The van der Waals surface area contributed by atoms with Crippen molar-refractivity contribution >= 4 is 11.8 Å². The summed E-state index contributed by atoms with van der Waals surface area (Å²) in [6, 6.07) is 12.2. The minimum atomic E-state index is 0.538. The third-order valence-electron chi connectivity index (χ3n) is 4.23. The number of hydrogen-bond donors (Lipinski definition) is 1. The molecule has 0 saturated carbocycles. The smallest absolute Gasteiger partial charge is 0.0473 e. The van der Waals surface area contributed by atoms with Gasteiger partial charge in [0.25, 0.3) is 0 Å². The molecule has 118 valence electrons. The first-order valence-electron chi connectivity index (χ1n) is 8.22. The zero-order chi connectivity index (χ0) is 15.1. The van der Waals surface area contributed by atoms with Gasteiger partial charge in [0.2, 0.25) is 0 Å². The van der Waals surface area contributed by atoms with E-state index in [1.807, 2.05) is 11.8 Å². The van der Waals surface area contributed by atoms with Crippen LogP contribution in [0.1, 0.15) is 38.3 Å². The van der Waals surface area contributed by atoms with Crippen LogP contribution in [-0.4, -0.2) is 42.6 Å². The summed E-state index contributed by atoms with van der Waals surface area (Å²) in [6.07, 6.45) is 4.77. The monoisotopic (exact) mass is 306 g/mol. The Labute approximate surface area is 134 Å². The molecule has 2 nitrogen and oxygen atoms in total. The fraction of sp³-hybridized carbons (Fsp3) is 0.667. The van der Waals surface area contributed by atoms with E-state index < -0.39 is 0 Å². The summed E-state index contributed by atoms with van der Waals surface area (Å²) >= 11 is 1.96. The van der Waals surface area contributed by atoms with E-state index in [0.717, 1.165) is 12.5 Å². The summed E-state index contributed by atoms with van der Waals surface area (Å²) in [7, 11) is 0. The molecule has 1 aliphatic heterocycles. The number of piperazine rings is 1. The number of nitrogens with zero attached hydrogens (tertiary/aromatic N) is 1. The van der Waals surface area contributed by atoms with Crippen molar-refractivity contribution < 1.29 is 0 Å². The molecule has 3 heteroatoms. The number of nitrogens with one attached hydrogen (secondary N) is 1. The maximum absolute atomic E-state index is 3.77. The highest BCUT2D eigenvalue weighted by atomic mass is 32.2. The fourth-order valence-electron chi connectivity index (χ4n) is 3.27. The molecule has 1 N–H and O–H groups in total. The van der Waals surface area contributed by atoms with Crippen LogP contribution in [0.4, 0.5) is 0 Å². The summed E-state index contributed by atoms with van der Waals surface area (Å²) in [5.74, 6) is 2.03.